The van der Waals surface area contributed by atoms with Gasteiger partial charge in [-0.2, -0.15) is 0 Å². The minimum Gasteiger partial charge on any atom is -0.453 e. The summed E-state index contributed by atoms with van der Waals surface area (Å²) in [4.78, 5) is 82.9. The highest BCUT2D eigenvalue weighted by Gasteiger charge is 2.43. The molecule has 5 amide bonds. The van der Waals surface area contributed by atoms with Crippen molar-refractivity contribution in [3.8, 4) is 11.3 Å². The first kappa shape index (κ1) is 55.6. The predicted octanol–water partition coefficient (Wildman–Crippen LogP) is 8.42. The second-order valence-corrected chi connectivity index (χ2v) is 26.6. The Balaban J connectivity index is 1.03. The normalized spacial score (nSPS) is 21.9. The van der Waals surface area contributed by atoms with Crippen LogP contribution < -0.4 is 20.4 Å². The molecule has 0 aliphatic carbocycles. The van der Waals surface area contributed by atoms with Gasteiger partial charge in [0.2, 0.25) is 17.7 Å². The summed E-state index contributed by atoms with van der Waals surface area (Å²) in [7, 11) is 5.45. The Bertz CT molecular complexity index is 2700. The van der Waals surface area contributed by atoms with E-state index in [1.54, 1.807) is 37.1 Å². The number of aromatic nitrogens is 2. The highest BCUT2D eigenvalue weighted by molar-refractivity contribution is 6.77. The Morgan fingerprint density at radius 2 is 1.34 bits per heavy atom. The Hall–Kier alpha value is -6.58. The highest BCUT2D eigenvalue weighted by atomic mass is 28.3. The van der Waals surface area contributed by atoms with Crippen LogP contribution in [-0.2, 0) is 33.3 Å². The molecule has 4 saturated heterocycles. The fourth-order valence-corrected chi connectivity index (χ4v) is 13.5. The molecule has 3 aromatic carbocycles. The number of hydrogen-bond acceptors (Lipinski definition) is 12. The van der Waals surface area contributed by atoms with Crippen molar-refractivity contribution in [3.05, 3.63) is 95.4 Å². The lowest BCUT2D eigenvalue weighted by Crippen LogP contribution is -2.57. The van der Waals surface area contributed by atoms with Gasteiger partial charge in [-0.3, -0.25) is 19.3 Å². The van der Waals surface area contributed by atoms with Crippen molar-refractivity contribution in [1.29, 1.82) is 0 Å². The molecule has 76 heavy (non-hydrogen) atoms. The Kier molecular flexibility index (Phi) is 17.4. The summed E-state index contributed by atoms with van der Waals surface area (Å²) in [6.45, 7) is 10.1. The lowest BCUT2D eigenvalue weighted by molar-refractivity contribution is -0.144. The van der Waals surface area contributed by atoms with Crippen molar-refractivity contribution in [1.82, 2.24) is 30.0 Å². The molecule has 8 atom stereocenters. The zero-order valence-corrected chi connectivity index (χ0v) is 46.1. The van der Waals surface area contributed by atoms with Crippen molar-refractivity contribution in [2.75, 3.05) is 76.8 Å². The van der Waals surface area contributed by atoms with Gasteiger partial charge in [0.25, 0.3) is 0 Å². The number of imidazole rings is 1. The largest absolute Gasteiger partial charge is 0.453 e. The van der Waals surface area contributed by atoms with E-state index in [0.717, 1.165) is 40.9 Å². The van der Waals surface area contributed by atoms with Gasteiger partial charge in [-0.1, -0.05) is 49.5 Å². The van der Waals surface area contributed by atoms with E-state index in [1.165, 1.54) is 57.4 Å². The van der Waals surface area contributed by atoms with Crippen LogP contribution in [0.4, 0.5) is 35.4 Å². The molecule has 0 spiro atoms. The summed E-state index contributed by atoms with van der Waals surface area (Å²) < 4.78 is 53.6. The van der Waals surface area contributed by atoms with Gasteiger partial charge >= 0.3 is 12.2 Å². The summed E-state index contributed by atoms with van der Waals surface area (Å²) in [5.74, 6) is -1.66. The number of methoxy groups -OCH3 is 4. The van der Waals surface area contributed by atoms with E-state index in [2.05, 4.69) is 33.6 Å². The summed E-state index contributed by atoms with van der Waals surface area (Å²) in [5.41, 5.74) is 4.38. The van der Waals surface area contributed by atoms with E-state index >= 15 is 8.78 Å². The van der Waals surface area contributed by atoms with Crippen molar-refractivity contribution in [2.45, 2.75) is 126 Å². The van der Waals surface area contributed by atoms with Crippen LogP contribution in [0.5, 0.6) is 0 Å². The molecule has 4 aliphatic rings. The second-order valence-electron chi connectivity index (χ2n) is 21.2. The number of amides is 5. The maximum Gasteiger partial charge on any atom is 0.409 e. The SMILES string of the molecule is COC(=O)N[C@H](C(=O)N1CCC[C@H]1c1ncc(-c2ccc([C@H]3CC[C@H](c4ccc(NC(=O)[C@@H]5CCCN5C(=O)[C@H]([C@@H](C)OC)N(C)C(=O)OC)cc4)N3c3cc(F)c(N4CC[Si](C)(C)CC4)c(F)c3)cc2)[nH]1)[C@@H](C)OC. The van der Waals surface area contributed by atoms with Crippen LogP contribution in [0.1, 0.15) is 87.4 Å². The smallest absolute Gasteiger partial charge is 0.409 e. The van der Waals surface area contributed by atoms with Crippen molar-refractivity contribution in [2.24, 2.45) is 0 Å². The third kappa shape index (κ3) is 11.7. The van der Waals surface area contributed by atoms with E-state index in [0.29, 0.717) is 75.5 Å². The standard InChI is InChI=1S/C55H73F2N9O9Si/c1-33(72-4)47(61-54(70)74-6)52(68)64-24-10-12-45(64)50-58-32-42(60-50)35-14-16-36(17-15-35)43-22-23-44(66(43)39-30-40(56)49(41(57)31-39)63-26-28-76(8,9)29-27-63)37-18-20-38(21-19-37)59-51(67)46-13-11-25-65(46)53(69)48(34(2)73-5)62(3)55(71)75-7/h14-21,30-34,43-48H,10-13,22-29H2,1-9H3,(H,58,60)(H,59,67)(H,61,70)/t33-,34-,43-,44-,45+,46+,47+,48+/m1/s1. The molecule has 0 saturated carbocycles. The van der Waals surface area contributed by atoms with Crippen LogP contribution in [0, 0.1) is 11.6 Å². The average Bonchev–Trinajstić information content (AvgIpc) is 4.29. The molecule has 18 nitrogen and oxygen atoms in total. The Morgan fingerprint density at radius 3 is 1.93 bits per heavy atom. The third-order valence-electron chi connectivity index (χ3n) is 16.1. The number of halogens is 2. The summed E-state index contributed by atoms with van der Waals surface area (Å²) in [5, 5.41) is 5.62. The monoisotopic (exact) mass is 1070 g/mol. The fourth-order valence-electron chi connectivity index (χ4n) is 11.5. The lowest BCUT2D eigenvalue weighted by Gasteiger charge is -2.38. The van der Waals surface area contributed by atoms with Gasteiger partial charge in [0.15, 0.2) is 11.6 Å². The molecule has 4 aliphatic heterocycles. The van der Waals surface area contributed by atoms with Gasteiger partial charge in [0, 0.05) is 58.8 Å². The van der Waals surface area contributed by atoms with Crippen molar-refractivity contribution in [3.63, 3.8) is 0 Å². The number of likely N-dealkylation sites (N-methyl/N-ethyl adjacent to an activating group) is 1. The van der Waals surface area contributed by atoms with E-state index < -0.39 is 68.1 Å². The molecular formula is C55H73F2N9O9Si. The highest BCUT2D eigenvalue weighted by Crippen LogP contribution is 2.49. The van der Waals surface area contributed by atoms with E-state index in [1.807, 2.05) is 41.3 Å². The van der Waals surface area contributed by atoms with Crippen LogP contribution in [0.25, 0.3) is 11.3 Å². The second kappa shape index (κ2) is 23.8. The van der Waals surface area contributed by atoms with E-state index in [4.69, 9.17) is 23.9 Å². The molecule has 21 heteroatoms. The van der Waals surface area contributed by atoms with Gasteiger partial charge in [-0.05, 0) is 105 Å². The lowest BCUT2D eigenvalue weighted by atomic mass is 10.0. The maximum absolute atomic E-state index is 16.5. The van der Waals surface area contributed by atoms with Gasteiger partial charge in [0.1, 0.15) is 29.6 Å². The number of carbonyl (C=O) groups is 5. The summed E-state index contributed by atoms with van der Waals surface area (Å²) >= 11 is 0. The maximum atomic E-state index is 16.5. The van der Waals surface area contributed by atoms with Gasteiger partial charge < -0.3 is 54.2 Å². The Labute approximate surface area is 444 Å². The zero-order valence-electron chi connectivity index (χ0n) is 45.1. The zero-order chi connectivity index (χ0) is 54.6. The van der Waals surface area contributed by atoms with Crippen molar-refractivity contribution < 1.29 is 51.7 Å². The predicted molar refractivity (Wildman–Crippen MR) is 287 cm³/mol. The molecule has 410 valence electrons. The van der Waals surface area contributed by atoms with Gasteiger partial charge in [0.05, 0.1) is 64.5 Å². The first-order valence-electron chi connectivity index (χ1n) is 26.3. The van der Waals surface area contributed by atoms with Crippen LogP contribution in [0.2, 0.25) is 25.2 Å². The summed E-state index contributed by atoms with van der Waals surface area (Å²) in [6, 6.07) is 16.7. The van der Waals surface area contributed by atoms with Gasteiger partial charge in [-0.25, -0.2) is 23.4 Å². The number of nitrogens with zero attached hydrogens (tertiary/aromatic N) is 6. The number of likely N-dealkylation sites (tertiary alicyclic amines) is 2. The van der Waals surface area contributed by atoms with Crippen LogP contribution in [-0.4, -0.2) is 155 Å². The fraction of sp³-hybridized carbons (Fsp3) is 0.527. The number of nitrogens with one attached hydrogen (secondary N) is 3. The molecule has 8 rings (SSSR count). The molecule has 0 radical (unpaired) electrons. The van der Waals surface area contributed by atoms with Crippen LogP contribution >= 0.6 is 0 Å². The first-order valence-corrected chi connectivity index (χ1v) is 29.7. The molecule has 0 unspecified atom stereocenters. The minimum absolute atomic E-state index is 0.0120. The average molecular weight is 1070 g/mol. The minimum atomic E-state index is -1.42. The molecule has 5 heterocycles. The number of anilines is 3. The van der Waals surface area contributed by atoms with Crippen LogP contribution in [0.3, 0.4) is 0 Å². The number of ether oxygens (including phenoxy) is 4. The molecule has 0 bridgehead atoms. The number of aromatic amines is 1. The summed E-state index contributed by atoms with van der Waals surface area (Å²) in [6.07, 6.45) is 2.82. The van der Waals surface area contributed by atoms with Crippen molar-refractivity contribution >= 4 is 55.0 Å². The van der Waals surface area contributed by atoms with Gasteiger partial charge in [-0.15, -0.1) is 0 Å². The number of alkyl carbamates (subject to hydrolysis) is 1. The van der Waals surface area contributed by atoms with E-state index in [9.17, 15) is 24.0 Å². The van der Waals surface area contributed by atoms with E-state index in [-0.39, 0.29) is 35.6 Å². The number of hydrogen-bond donors (Lipinski definition) is 3. The number of carbonyl (C=O) groups excluding carboxylic acids is 5. The van der Waals surface area contributed by atoms with Crippen LogP contribution in [0.15, 0.2) is 66.9 Å². The molecule has 3 N–H and O–H groups in total. The number of H-pyrrole nitrogens is 1. The molecular weight excluding hydrogens is 997 g/mol. The molecule has 4 aromatic rings. The molecule has 4 fully saturated rings. The molecule has 1 aromatic heterocycles. The first-order chi connectivity index (χ1) is 36.4. The Morgan fingerprint density at radius 1 is 0.750 bits per heavy atom. The quantitative estimate of drug-likeness (QED) is 0.0910. The topological polar surface area (TPSA) is 191 Å². The third-order valence-corrected chi connectivity index (χ3v) is 19.2. The number of rotatable bonds is 16. The number of benzene rings is 3.